The van der Waals surface area contributed by atoms with Crippen molar-refractivity contribution in [3.63, 3.8) is 0 Å². The van der Waals surface area contributed by atoms with E-state index in [1.54, 1.807) is 30.5 Å². The van der Waals surface area contributed by atoms with E-state index in [0.717, 1.165) is 47.6 Å². The van der Waals surface area contributed by atoms with E-state index in [0.29, 0.717) is 16.7 Å². The molecule has 0 spiro atoms. The number of fused-ring (bicyclic) bond motifs is 1. The second-order valence-corrected chi connectivity index (χ2v) is 12.9. The first-order valence-electron chi connectivity index (χ1n) is 13.2. The van der Waals surface area contributed by atoms with Crippen LogP contribution in [-0.2, 0) is 10.0 Å². The van der Waals surface area contributed by atoms with Crippen molar-refractivity contribution in [3.05, 3.63) is 72.9 Å². The van der Waals surface area contributed by atoms with Gasteiger partial charge in [0.1, 0.15) is 0 Å². The summed E-state index contributed by atoms with van der Waals surface area (Å²) in [5.41, 5.74) is 3.37. The number of thiocarbonyl (C=S) groups is 1. The van der Waals surface area contributed by atoms with Gasteiger partial charge in [-0.3, -0.25) is 4.98 Å². The number of rotatable bonds is 6. The number of anilines is 2. The molecular weight excluding hydrogens is 543 g/mol. The third-order valence-corrected chi connectivity index (χ3v) is 9.41. The maximum absolute atomic E-state index is 12.4. The molecule has 1 atom stereocenters. The van der Waals surface area contributed by atoms with Crippen LogP contribution in [0.1, 0.15) is 13.8 Å². The van der Waals surface area contributed by atoms with E-state index in [1.807, 2.05) is 42.5 Å². The van der Waals surface area contributed by atoms with Crippen LogP contribution in [0.3, 0.4) is 0 Å². The van der Waals surface area contributed by atoms with Crippen molar-refractivity contribution in [1.82, 2.24) is 24.4 Å². The molecule has 9 nitrogen and oxygen atoms in total. The zero-order chi connectivity index (χ0) is 28.4. The minimum Gasteiger partial charge on any atom is -0.351 e. The summed E-state index contributed by atoms with van der Waals surface area (Å²) in [7, 11) is -0.442. The standard InChI is InChI=1S/C29H33N7O2S2/c1-20(2)27-19-35(17-18-36(27)29(39)31-26-9-5-8-25-23(26)7-6-16-30-25)28-15-14-24(32-33-28)21-10-12-22(13-11-21)40(37,38)34(3)4/h5-16,20,27H,17-19H2,1-4H3,(H,31,39). The molecule has 2 aromatic heterocycles. The Balaban J connectivity index is 1.28. The SMILES string of the molecule is CC(C)C1CN(c2ccc(-c3ccc(S(=O)(=O)N(C)C)cc3)nn2)CCN1C(=S)Nc1cccc2ncccc12. The van der Waals surface area contributed by atoms with Gasteiger partial charge >= 0.3 is 0 Å². The van der Waals surface area contributed by atoms with Crippen molar-refractivity contribution < 1.29 is 8.42 Å². The lowest BCUT2D eigenvalue weighted by atomic mass is 10.00. The quantitative estimate of drug-likeness (QED) is 0.334. The molecule has 1 unspecified atom stereocenters. The number of sulfonamides is 1. The molecule has 3 heterocycles. The number of pyridine rings is 1. The molecule has 0 aliphatic carbocycles. The third kappa shape index (κ3) is 5.63. The summed E-state index contributed by atoms with van der Waals surface area (Å²) in [4.78, 5) is 9.21. The van der Waals surface area contributed by atoms with Gasteiger partial charge in [0.15, 0.2) is 10.9 Å². The molecule has 208 valence electrons. The van der Waals surface area contributed by atoms with E-state index < -0.39 is 10.0 Å². The normalized spacial score (nSPS) is 16.1. The Morgan fingerprint density at radius 3 is 2.45 bits per heavy atom. The summed E-state index contributed by atoms with van der Waals surface area (Å²) >= 11 is 5.90. The van der Waals surface area contributed by atoms with E-state index in [1.165, 1.54) is 18.4 Å². The van der Waals surface area contributed by atoms with E-state index >= 15 is 0 Å². The molecule has 4 aromatic rings. The first kappa shape index (κ1) is 27.9. The third-order valence-electron chi connectivity index (χ3n) is 7.24. The first-order valence-corrected chi connectivity index (χ1v) is 15.0. The van der Waals surface area contributed by atoms with Crippen LogP contribution < -0.4 is 10.2 Å². The van der Waals surface area contributed by atoms with Crippen LogP contribution in [-0.4, -0.2) is 77.7 Å². The highest BCUT2D eigenvalue weighted by Gasteiger charge is 2.32. The van der Waals surface area contributed by atoms with E-state index in [4.69, 9.17) is 12.2 Å². The van der Waals surface area contributed by atoms with Crippen LogP contribution in [0.2, 0.25) is 0 Å². The van der Waals surface area contributed by atoms with Crippen LogP contribution in [0.25, 0.3) is 22.2 Å². The molecule has 40 heavy (non-hydrogen) atoms. The lowest BCUT2D eigenvalue weighted by Crippen LogP contribution is -2.58. The second-order valence-electron chi connectivity index (χ2n) is 10.3. The molecule has 1 saturated heterocycles. The van der Waals surface area contributed by atoms with Crippen LogP contribution in [0, 0.1) is 5.92 Å². The average Bonchev–Trinajstić information content (AvgIpc) is 2.97. The fourth-order valence-electron chi connectivity index (χ4n) is 4.90. The Labute approximate surface area is 240 Å². The first-order chi connectivity index (χ1) is 19.1. The fraction of sp³-hybridized carbons (Fsp3) is 0.310. The smallest absolute Gasteiger partial charge is 0.242 e. The van der Waals surface area contributed by atoms with Gasteiger partial charge in [0.05, 0.1) is 22.1 Å². The number of piperazine rings is 1. The number of nitrogens with one attached hydrogen (secondary N) is 1. The van der Waals surface area contributed by atoms with Crippen LogP contribution in [0.4, 0.5) is 11.5 Å². The number of hydrogen-bond acceptors (Lipinski definition) is 7. The molecule has 11 heteroatoms. The maximum atomic E-state index is 12.4. The predicted octanol–water partition coefficient (Wildman–Crippen LogP) is 4.49. The zero-order valence-corrected chi connectivity index (χ0v) is 24.7. The van der Waals surface area contributed by atoms with Crippen LogP contribution in [0.15, 0.2) is 77.8 Å². The summed E-state index contributed by atoms with van der Waals surface area (Å²) in [5.74, 6) is 1.17. The van der Waals surface area contributed by atoms with Crippen molar-refractivity contribution >= 4 is 49.8 Å². The molecule has 0 radical (unpaired) electrons. The Hall–Kier alpha value is -3.67. The number of hydrogen-bond donors (Lipinski definition) is 1. The second kappa shape index (κ2) is 11.4. The highest BCUT2D eigenvalue weighted by molar-refractivity contribution is 7.89. The van der Waals surface area contributed by atoms with Crippen molar-refractivity contribution in [2.75, 3.05) is 43.9 Å². The minimum atomic E-state index is -3.48. The van der Waals surface area contributed by atoms with Gasteiger partial charge in [-0.1, -0.05) is 32.0 Å². The van der Waals surface area contributed by atoms with Crippen molar-refractivity contribution in [2.24, 2.45) is 5.92 Å². The summed E-state index contributed by atoms with van der Waals surface area (Å²) in [6.45, 7) is 6.69. The van der Waals surface area contributed by atoms with Crippen LogP contribution in [0.5, 0.6) is 0 Å². The summed E-state index contributed by atoms with van der Waals surface area (Å²) in [6.07, 6.45) is 1.79. The molecule has 1 aliphatic heterocycles. The lowest BCUT2D eigenvalue weighted by molar-refractivity contribution is 0.227. The van der Waals surface area contributed by atoms with Gasteiger partial charge in [-0.05, 0) is 66.7 Å². The van der Waals surface area contributed by atoms with Gasteiger partial charge in [-0.2, -0.15) is 0 Å². The Bertz CT molecular complexity index is 1600. The largest absolute Gasteiger partial charge is 0.351 e. The molecule has 1 N–H and O–H groups in total. The van der Waals surface area contributed by atoms with Crippen molar-refractivity contribution in [2.45, 2.75) is 24.8 Å². The summed E-state index contributed by atoms with van der Waals surface area (Å²) < 4.78 is 25.9. The average molecular weight is 576 g/mol. The highest BCUT2D eigenvalue weighted by Crippen LogP contribution is 2.27. The lowest BCUT2D eigenvalue weighted by Gasteiger charge is -2.45. The Morgan fingerprint density at radius 1 is 1.00 bits per heavy atom. The number of aromatic nitrogens is 3. The monoisotopic (exact) mass is 575 g/mol. The summed E-state index contributed by atoms with van der Waals surface area (Å²) in [5, 5.41) is 14.2. The topological polar surface area (TPSA) is 94.6 Å². The molecule has 0 bridgehead atoms. The fourth-order valence-corrected chi connectivity index (χ4v) is 6.13. The van der Waals surface area contributed by atoms with E-state index in [9.17, 15) is 8.42 Å². The molecule has 1 aliphatic rings. The molecule has 5 rings (SSSR count). The van der Waals surface area contributed by atoms with Crippen molar-refractivity contribution in [3.8, 4) is 11.3 Å². The Morgan fingerprint density at radius 2 is 1.77 bits per heavy atom. The number of nitrogens with zero attached hydrogens (tertiary/aromatic N) is 6. The predicted molar refractivity (Wildman–Crippen MR) is 164 cm³/mol. The van der Waals surface area contributed by atoms with Gasteiger partial charge in [-0.15, -0.1) is 10.2 Å². The maximum Gasteiger partial charge on any atom is 0.242 e. The van der Waals surface area contributed by atoms with Gasteiger partial charge in [0.2, 0.25) is 10.0 Å². The van der Waals surface area contributed by atoms with Gasteiger partial charge in [-0.25, -0.2) is 12.7 Å². The van der Waals surface area contributed by atoms with Crippen molar-refractivity contribution in [1.29, 1.82) is 0 Å². The van der Waals surface area contributed by atoms with Crippen LogP contribution >= 0.6 is 12.2 Å². The number of benzene rings is 2. The van der Waals surface area contributed by atoms with Gasteiger partial charge in [0.25, 0.3) is 0 Å². The minimum absolute atomic E-state index is 0.189. The molecular formula is C29H33N7O2S2. The summed E-state index contributed by atoms with van der Waals surface area (Å²) in [6, 6.07) is 20.8. The molecule has 1 fully saturated rings. The highest BCUT2D eigenvalue weighted by atomic mass is 32.2. The molecule has 0 saturated carbocycles. The molecule has 0 amide bonds. The van der Waals surface area contributed by atoms with Gasteiger partial charge < -0.3 is 15.1 Å². The van der Waals surface area contributed by atoms with Gasteiger partial charge in [0, 0.05) is 56.6 Å². The zero-order valence-electron chi connectivity index (χ0n) is 23.0. The van der Waals surface area contributed by atoms with E-state index in [2.05, 4.69) is 44.1 Å². The Kier molecular flexibility index (Phi) is 7.97. The van der Waals surface area contributed by atoms with E-state index in [-0.39, 0.29) is 10.9 Å². The molecule has 2 aromatic carbocycles.